The molecule has 0 atom stereocenters. The number of alkyl halides is 1. The van der Waals surface area contributed by atoms with Crippen LogP contribution < -0.4 is 4.90 Å². The maximum atomic E-state index is 6.02. The Morgan fingerprint density at radius 1 is 1.28 bits per heavy atom. The number of hydrogen-bond donors (Lipinski definition) is 0. The van der Waals surface area contributed by atoms with E-state index < -0.39 is 0 Å². The normalized spacial score (nSPS) is 17.2. The van der Waals surface area contributed by atoms with Crippen molar-refractivity contribution >= 4 is 28.9 Å². The second-order valence-corrected chi connectivity index (χ2v) is 5.83. The van der Waals surface area contributed by atoms with Crippen molar-refractivity contribution in [1.82, 2.24) is 0 Å². The molecule has 3 heteroatoms. The van der Waals surface area contributed by atoms with Gasteiger partial charge in [0.25, 0.3) is 0 Å². The molecule has 1 fully saturated rings. The quantitative estimate of drug-likeness (QED) is 0.696. The highest BCUT2D eigenvalue weighted by Crippen LogP contribution is 2.30. The Kier molecular flexibility index (Phi) is 5.20. The monoisotopic (exact) mass is 285 g/mol. The zero-order chi connectivity index (χ0) is 13.0. The van der Waals surface area contributed by atoms with Crippen molar-refractivity contribution in [3.63, 3.8) is 0 Å². The number of anilines is 1. The molecular weight excluding hydrogens is 265 g/mol. The SMILES string of the molecule is CCCC1CCN(c2ccc(Cl)cc2CCl)CC1. The molecule has 0 aromatic heterocycles. The molecule has 0 saturated carbocycles. The second-order valence-electron chi connectivity index (χ2n) is 5.13. The zero-order valence-corrected chi connectivity index (χ0v) is 12.5. The summed E-state index contributed by atoms with van der Waals surface area (Å²) in [7, 11) is 0. The molecule has 0 radical (unpaired) electrons. The molecule has 1 heterocycles. The number of halogens is 2. The molecule has 1 aliphatic rings. The first-order valence-corrected chi connectivity index (χ1v) is 7.75. The molecule has 0 N–H and O–H groups in total. The van der Waals surface area contributed by atoms with Crippen LogP contribution in [0.2, 0.25) is 5.02 Å². The van der Waals surface area contributed by atoms with E-state index in [1.807, 2.05) is 12.1 Å². The molecule has 1 aliphatic heterocycles. The lowest BCUT2D eigenvalue weighted by molar-refractivity contribution is 0.378. The van der Waals surface area contributed by atoms with E-state index in [9.17, 15) is 0 Å². The van der Waals surface area contributed by atoms with Crippen LogP contribution in [0.5, 0.6) is 0 Å². The van der Waals surface area contributed by atoms with Crippen LogP contribution in [0.25, 0.3) is 0 Å². The summed E-state index contributed by atoms with van der Waals surface area (Å²) in [5.74, 6) is 1.45. The summed E-state index contributed by atoms with van der Waals surface area (Å²) in [6, 6.07) is 6.06. The topological polar surface area (TPSA) is 3.24 Å². The van der Waals surface area contributed by atoms with Crippen LogP contribution in [-0.2, 0) is 5.88 Å². The highest BCUT2D eigenvalue weighted by Gasteiger charge is 2.20. The van der Waals surface area contributed by atoms with Gasteiger partial charge < -0.3 is 4.90 Å². The molecule has 1 aromatic rings. The lowest BCUT2D eigenvalue weighted by atomic mass is 9.92. The highest BCUT2D eigenvalue weighted by molar-refractivity contribution is 6.30. The number of rotatable bonds is 4. The van der Waals surface area contributed by atoms with E-state index in [4.69, 9.17) is 23.2 Å². The summed E-state index contributed by atoms with van der Waals surface area (Å²) in [6.45, 7) is 4.57. The second kappa shape index (κ2) is 6.68. The third-order valence-corrected chi connectivity index (χ3v) is 4.36. The predicted molar refractivity (Wildman–Crippen MR) is 80.9 cm³/mol. The first kappa shape index (κ1) is 14.0. The maximum absolute atomic E-state index is 6.02. The number of piperidine rings is 1. The fourth-order valence-electron chi connectivity index (χ4n) is 2.84. The Labute approximate surface area is 120 Å². The molecule has 0 bridgehead atoms. The first-order valence-electron chi connectivity index (χ1n) is 6.84. The standard InChI is InChI=1S/C15H21Cl2N/c1-2-3-12-6-8-18(9-7-12)15-5-4-14(17)10-13(15)11-16/h4-5,10,12H,2-3,6-9,11H2,1H3. The van der Waals surface area contributed by atoms with Crippen LogP contribution >= 0.6 is 23.2 Å². The van der Waals surface area contributed by atoms with Crippen molar-refractivity contribution in [2.75, 3.05) is 18.0 Å². The minimum absolute atomic E-state index is 0.533. The van der Waals surface area contributed by atoms with Crippen LogP contribution in [-0.4, -0.2) is 13.1 Å². The lowest BCUT2D eigenvalue weighted by Gasteiger charge is -2.34. The smallest absolute Gasteiger partial charge is 0.0495 e. The third kappa shape index (κ3) is 3.33. The van der Waals surface area contributed by atoms with Gasteiger partial charge in [-0.2, -0.15) is 0 Å². The minimum Gasteiger partial charge on any atom is -0.371 e. The van der Waals surface area contributed by atoms with Gasteiger partial charge in [-0.05, 0) is 42.5 Å². The van der Waals surface area contributed by atoms with Crippen LogP contribution in [0.15, 0.2) is 18.2 Å². The van der Waals surface area contributed by atoms with Crippen LogP contribution in [0.3, 0.4) is 0 Å². The Morgan fingerprint density at radius 3 is 2.61 bits per heavy atom. The molecule has 1 saturated heterocycles. The molecule has 1 nitrogen and oxygen atoms in total. The molecular formula is C15H21Cl2N. The molecule has 1 aromatic carbocycles. The van der Waals surface area contributed by atoms with E-state index in [1.54, 1.807) is 0 Å². The van der Waals surface area contributed by atoms with Gasteiger partial charge in [-0.15, -0.1) is 11.6 Å². The van der Waals surface area contributed by atoms with Crippen LogP contribution in [0.4, 0.5) is 5.69 Å². The zero-order valence-electron chi connectivity index (χ0n) is 11.0. The summed E-state index contributed by atoms with van der Waals surface area (Å²) in [6.07, 6.45) is 5.28. The average Bonchev–Trinajstić information content (AvgIpc) is 2.40. The number of nitrogens with zero attached hydrogens (tertiary/aromatic N) is 1. The molecule has 0 unspecified atom stereocenters. The maximum Gasteiger partial charge on any atom is 0.0495 e. The van der Waals surface area contributed by atoms with Crippen LogP contribution in [0.1, 0.15) is 38.2 Å². The molecule has 2 rings (SSSR count). The summed E-state index contributed by atoms with van der Waals surface area (Å²) >= 11 is 12.0. The number of benzene rings is 1. The summed E-state index contributed by atoms with van der Waals surface area (Å²) < 4.78 is 0. The predicted octanol–water partition coefficient (Wildman–Crippen LogP) is 5.10. The van der Waals surface area contributed by atoms with Crippen molar-refractivity contribution in [2.24, 2.45) is 5.92 Å². The highest BCUT2D eigenvalue weighted by atomic mass is 35.5. The lowest BCUT2D eigenvalue weighted by Crippen LogP contribution is -2.34. The van der Waals surface area contributed by atoms with Gasteiger partial charge in [0, 0.05) is 29.7 Å². The van der Waals surface area contributed by atoms with Crippen LogP contribution in [0, 0.1) is 5.92 Å². The van der Waals surface area contributed by atoms with Crippen molar-refractivity contribution in [2.45, 2.75) is 38.5 Å². The van der Waals surface area contributed by atoms with Gasteiger partial charge >= 0.3 is 0 Å². The minimum atomic E-state index is 0.533. The molecule has 18 heavy (non-hydrogen) atoms. The Balaban J connectivity index is 2.05. The van der Waals surface area contributed by atoms with Gasteiger partial charge in [-0.1, -0.05) is 31.4 Å². The third-order valence-electron chi connectivity index (χ3n) is 3.84. The van der Waals surface area contributed by atoms with Gasteiger partial charge in [0.05, 0.1) is 0 Å². The summed E-state index contributed by atoms with van der Waals surface area (Å²) in [5.41, 5.74) is 2.42. The van der Waals surface area contributed by atoms with Gasteiger partial charge in [0.2, 0.25) is 0 Å². The van der Waals surface area contributed by atoms with Gasteiger partial charge in [-0.3, -0.25) is 0 Å². The first-order chi connectivity index (χ1) is 8.74. The van der Waals surface area contributed by atoms with E-state index in [-0.39, 0.29) is 0 Å². The van der Waals surface area contributed by atoms with Gasteiger partial charge in [-0.25, -0.2) is 0 Å². The van der Waals surface area contributed by atoms with E-state index in [2.05, 4.69) is 17.9 Å². The Hall–Kier alpha value is -0.400. The largest absolute Gasteiger partial charge is 0.371 e. The van der Waals surface area contributed by atoms with E-state index >= 15 is 0 Å². The van der Waals surface area contributed by atoms with E-state index in [0.717, 1.165) is 29.6 Å². The Bertz CT molecular complexity index is 384. The molecule has 0 amide bonds. The molecule has 100 valence electrons. The fourth-order valence-corrected chi connectivity index (χ4v) is 3.25. The van der Waals surface area contributed by atoms with Crippen molar-refractivity contribution < 1.29 is 0 Å². The number of hydrogen-bond acceptors (Lipinski definition) is 1. The summed E-state index contributed by atoms with van der Waals surface area (Å²) in [4.78, 5) is 2.46. The van der Waals surface area contributed by atoms with E-state index in [0.29, 0.717) is 5.88 Å². The van der Waals surface area contributed by atoms with Gasteiger partial charge in [0.15, 0.2) is 0 Å². The molecule has 0 spiro atoms. The Morgan fingerprint density at radius 2 is 2.00 bits per heavy atom. The van der Waals surface area contributed by atoms with Crippen molar-refractivity contribution in [3.05, 3.63) is 28.8 Å². The molecule has 0 aliphatic carbocycles. The average molecular weight is 286 g/mol. The van der Waals surface area contributed by atoms with E-state index in [1.165, 1.54) is 31.4 Å². The summed E-state index contributed by atoms with van der Waals surface area (Å²) in [5, 5.41) is 0.773. The van der Waals surface area contributed by atoms with Gasteiger partial charge in [0.1, 0.15) is 0 Å². The van der Waals surface area contributed by atoms with Crippen molar-refractivity contribution in [1.29, 1.82) is 0 Å². The van der Waals surface area contributed by atoms with Crippen molar-refractivity contribution in [3.8, 4) is 0 Å². The fraction of sp³-hybridized carbons (Fsp3) is 0.600.